The predicted octanol–water partition coefficient (Wildman–Crippen LogP) is 4.65. The molecule has 2 aliphatic rings. The summed E-state index contributed by atoms with van der Waals surface area (Å²) in [6.07, 6.45) is 4.38. The molecule has 2 heterocycles. The zero-order valence-electron chi connectivity index (χ0n) is 19.2. The van der Waals surface area contributed by atoms with Crippen molar-refractivity contribution in [3.05, 3.63) is 30.5 Å². The first-order valence-electron chi connectivity index (χ1n) is 11.3. The number of morpholine rings is 1. The van der Waals surface area contributed by atoms with Crippen LogP contribution in [0.3, 0.4) is 0 Å². The van der Waals surface area contributed by atoms with Crippen molar-refractivity contribution in [2.24, 2.45) is 0 Å². The van der Waals surface area contributed by atoms with Crippen molar-refractivity contribution in [2.45, 2.75) is 42.7 Å². The van der Waals surface area contributed by atoms with Gasteiger partial charge in [0.15, 0.2) is 0 Å². The van der Waals surface area contributed by atoms with E-state index in [-0.39, 0.29) is 23.6 Å². The minimum absolute atomic E-state index is 0.0239. The van der Waals surface area contributed by atoms with Gasteiger partial charge < -0.3 is 29.7 Å². The van der Waals surface area contributed by atoms with Gasteiger partial charge in [0, 0.05) is 31.4 Å². The molecule has 1 saturated heterocycles. The van der Waals surface area contributed by atoms with Gasteiger partial charge in [-0.2, -0.15) is 4.98 Å². The SMILES string of the molecule is COc1ccc(S(F)(F)F)cc1NC(=O)N[C@H]1CC[C@H](Oc2ccnc(N3CCOCC3)n2)CC1. The second-order valence-electron chi connectivity index (χ2n) is 8.25. The van der Waals surface area contributed by atoms with Gasteiger partial charge in [-0.3, -0.25) is 0 Å². The number of anilines is 2. The summed E-state index contributed by atoms with van der Waals surface area (Å²) in [5.41, 5.74) is -0.0239. The highest BCUT2D eigenvalue weighted by atomic mass is 32.3. The maximum absolute atomic E-state index is 13.1. The number of ether oxygens (including phenoxy) is 3. The van der Waals surface area contributed by atoms with E-state index in [4.69, 9.17) is 14.2 Å². The van der Waals surface area contributed by atoms with Gasteiger partial charge in [-0.25, -0.2) is 9.78 Å². The number of nitrogens with one attached hydrogen (secondary N) is 2. The number of carbonyl (C=O) groups excluding carboxylic acids is 1. The fourth-order valence-corrected chi connectivity index (χ4v) is 4.56. The summed E-state index contributed by atoms with van der Waals surface area (Å²) in [6, 6.07) is 4.07. The number of hydrogen-bond donors (Lipinski definition) is 2. The molecule has 0 bridgehead atoms. The van der Waals surface area contributed by atoms with E-state index in [9.17, 15) is 16.5 Å². The lowest BCUT2D eigenvalue weighted by Gasteiger charge is -2.30. The molecule has 13 heteroatoms. The van der Waals surface area contributed by atoms with Crippen LogP contribution in [0.1, 0.15) is 25.7 Å². The van der Waals surface area contributed by atoms with Gasteiger partial charge in [-0.05, 0) is 43.9 Å². The normalized spacial score (nSPS) is 21.2. The Bertz CT molecular complexity index is 1010. The maximum atomic E-state index is 13.1. The van der Waals surface area contributed by atoms with Crippen LogP contribution in [-0.2, 0) is 4.74 Å². The second-order valence-corrected chi connectivity index (χ2v) is 9.54. The Morgan fingerprint density at radius 2 is 1.89 bits per heavy atom. The number of carbonyl (C=O) groups is 1. The lowest BCUT2D eigenvalue weighted by Crippen LogP contribution is -2.41. The van der Waals surface area contributed by atoms with E-state index in [1.54, 1.807) is 12.3 Å². The molecule has 0 atom stereocenters. The number of aromatic nitrogens is 2. The van der Waals surface area contributed by atoms with Gasteiger partial charge in [-0.15, -0.1) is 11.7 Å². The van der Waals surface area contributed by atoms with E-state index in [1.807, 2.05) is 0 Å². The van der Waals surface area contributed by atoms with Crippen LogP contribution >= 0.6 is 11.2 Å². The summed E-state index contributed by atoms with van der Waals surface area (Å²) < 4.78 is 55.8. The second kappa shape index (κ2) is 11.2. The van der Waals surface area contributed by atoms with E-state index in [0.29, 0.717) is 50.7 Å². The number of rotatable bonds is 7. The van der Waals surface area contributed by atoms with Gasteiger partial charge in [0.2, 0.25) is 23.0 Å². The molecule has 4 rings (SSSR count). The molecule has 2 N–H and O–H groups in total. The molecule has 2 amide bonds. The molecule has 1 aromatic carbocycles. The Hall–Kier alpha value is -2.93. The number of methoxy groups -OCH3 is 1. The van der Waals surface area contributed by atoms with Crippen molar-refractivity contribution in [1.29, 1.82) is 0 Å². The molecule has 1 aliphatic heterocycles. The third-order valence-electron chi connectivity index (χ3n) is 5.89. The molecule has 9 nitrogen and oxygen atoms in total. The van der Waals surface area contributed by atoms with Crippen LogP contribution in [0.4, 0.5) is 28.1 Å². The van der Waals surface area contributed by atoms with E-state index >= 15 is 0 Å². The van der Waals surface area contributed by atoms with Crippen molar-refractivity contribution in [2.75, 3.05) is 43.6 Å². The van der Waals surface area contributed by atoms with Crippen LogP contribution in [0.15, 0.2) is 35.4 Å². The van der Waals surface area contributed by atoms with Crippen LogP contribution in [0.25, 0.3) is 0 Å². The Labute approximate surface area is 203 Å². The lowest BCUT2D eigenvalue weighted by atomic mass is 9.93. The van der Waals surface area contributed by atoms with Crippen molar-refractivity contribution >= 4 is 28.9 Å². The Morgan fingerprint density at radius 1 is 1.14 bits per heavy atom. The smallest absolute Gasteiger partial charge is 0.319 e. The first-order valence-corrected chi connectivity index (χ1v) is 12.7. The Balaban J connectivity index is 1.27. The van der Waals surface area contributed by atoms with Gasteiger partial charge in [0.05, 0.1) is 30.9 Å². The van der Waals surface area contributed by atoms with Crippen LogP contribution in [0.5, 0.6) is 11.6 Å². The largest absolute Gasteiger partial charge is 0.495 e. The van der Waals surface area contributed by atoms with Crippen LogP contribution in [-0.4, -0.2) is 61.6 Å². The highest BCUT2D eigenvalue weighted by molar-refractivity contribution is 8.20. The molecule has 0 unspecified atom stereocenters. The summed E-state index contributed by atoms with van der Waals surface area (Å²) in [4.78, 5) is 22.6. The molecule has 1 aromatic heterocycles. The molecule has 2 aromatic rings. The standard InChI is InChI=1S/C22H28F3N5O4S/c1-32-19-7-6-17(35(23,24)25)14-18(19)28-22(31)27-15-2-4-16(5-3-15)34-20-8-9-26-21(29-20)30-10-12-33-13-11-30/h6-9,14-16H,2-5,10-13H2,1H3,(H2,27,28,31)/t15-,16-. The summed E-state index contributed by atoms with van der Waals surface area (Å²) in [6.45, 7) is 2.74. The Morgan fingerprint density at radius 3 is 2.57 bits per heavy atom. The highest BCUT2D eigenvalue weighted by Gasteiger charge is 2.27. The van der Waals surface area contributed by atoms with Gasteiger partial charge in [0.25, 0.3) is 0 Å². The number of urea groups is 1. The maximum Gasteiger partial charge on any atom is 0.319 e. The van der Waals surface area contributed by atoms with Gasteiger partial charge in [-0.1, -0.05) is 0 Å². The third kappa shape index (κ3) is 6.82. The average molecular weight is 516 g/mol. The zero-order chi connectivity index (χ0) is 24.8. The van der Waals surface area contributed by atoms with E-state index in [2.05, 4.69) is 25.5 Å². The van der Waals surface area contributed by atoms with Gasteiger partial charge >= 0.3 is 6.03 Å². The molecule has 0 radical (unpaired) electrons. The summed E-state index contributed by atoms with van der Waals surface area (Å²) in [7, 11) is 1.33. The third-order valence-corrected chi connectivity index (χ3v) is 6.68. The monoisotopic (exact) mass is 515 g/mol. The number of amides is 2. The predicted molar refractivity (Wildman–Crippen MR) is 126 cm³/mol. The van der Waals surface area contributed by atoms with E-state index in [0.717, 1.165) is 25.2 Å². The molecule has 1 aliphatic carbocycles. The molecule has 2 fully saturated rings. The lowest BCUT2D eigenvalue weighted by molar-refractivity contribution is 0.121. The fourth-order valence-electron chi connectivity index (χ4n) is 4.08. The molecule has 0 spiro atoms. The number of benzene rings is 1. The molecule has 1 saturated carbocycles. The van der Waals surface area contributed by atoms with Crippen LogP contribution < -0.4 is 25.0 Å². The number of nitrogens with zero attached hydrogens (tertiary/aromatic N) is 3. The first-order chi connectivity index (χ1) is 16.8. The van der Waals surface area contributed by atoms with E-state index in [1.165, 1.54) is 13.2 Å². The van der Waals surface area contributed by atoms with Crippen molar-refractivity contribution < 1.29 is 30.7 Å². The number of hydrogen-bond acceptors (Lipinski definition) is 7. The van der Waals surface area contributed by atoms with Crippen molar-refractivity contribution in [3.63, 3.8) is 0 Å². The summed E-state index contributed by atoms with van der Waals surface area (Å²) in [5.74, 6) is 1.28. The van der Waals surface area contributed by atoms with Crippen LogP contribution in [0, 0.1) is 0 Å². The Kier molecular flexibility index (Phi) is 8.06. The minimum Gasteiger partial charge on any atom is -0.495 e. The average Bonchev–Trinajstić information content (AvgIpc) is 2.85. The summed E-state index contributed by atoms with van der Waals surface area (Å²) >= 11 is -5.41. The highest BCUT2D eigenvalue weighted by Crippen LogP contribution is 2.61. The zero-order valence-corrected chi connectivity index (χ0v) is 20.0. The van der Waals surface area contributed by atoms with Gasteiger partial charge in [0.1, 0.15) is 11.9 Å². The van der Waals surface area contributed by atoms with E-state index < -0.39 is 22.1 Å². The molecular weight excluding hydrogens is 487 g/mol. The van der Waals surface area contributed by atoms with Crippen molar-refractivity contribution in [3.8, 4) is 11.6 Å². The van der Waals surface area contributed by atoms with Crippen LogP contribution in [0.2, 0.25) is 0 Å². The molecule has 35 heavy (non-hydrogen) atoms. The topological polar surface area (TPSA) is 97.8 Å². The van der Waals surface area contributed by atoms with Crippen molar-refractivity contribution in [1.82, 2.24) is 15.3 Å². The quantitative estimate of drug-likeness (QED) is 0.554. The number of halogens is 3. The minimum atomic E-state index is -5.41. The fraction of sp³-hybridized carbons (Fsp3) is 0.500. The first kappa shape index (κ1) is 25.2. The molecular formula is C22H28F3N5O4S. The summed E-state index contributed by atoms with van der Waals surface area (Å²) in [5, 5.41) is 5.32. The molecule has 192 valence electrons.